The lowest BCUT2D eigenvalue weighted by Crippen LogP contribution is -2.50. The standard InChI is InChI=1S/C18H39N.C2H6/c1-8-10-13-18(14-11-9-2,15-12-16(3)4)19(7)17(5)6;1-2/h16-17H,8-15H2,1-7H3;1-2H3. The molecule has 0 aromatic heterocycles. The molecule has 0 bridgehead atoms. The lowest BCUT2D eigenvalue weighted by molar-refractivity contribution is 0.0499. The van der Waals surface area contributed by atoms with Crippen molar-refractivity contribution in [1.29, 1.82) is 0 Å². The predicted molar refractivity (Wildman–Crippen MR) is 100 cm³/mol. The molecule has 0 rings (SSSR count). The summed E-state index contributed by atoms with van der Waals surface area (Å²) >= 11 is 0. The number of rotatable bonds is 11. The summed E-state index contributed by atoms with van der Waals surface area (Å²) in [6.07, 6.45) is 10.9. The topological polar surface area (TPSA) is 3.24 Å². The molecule has 0 fully saturated rings. The summed E-state index contributed by atoms with van der Waals surface area (Å²) in [5.74, 6) is 0.822. The fourth-order valence-corrected chi connectivity index (χ4v) is 3.02. The van der Waals surface area contributed by atoms with E-state index in [1.54, 1.807) is 0 Å². The lowest BCUT2D eigenvalue weighted by atomic mass is 9.79. The predicted octanol–water partition coefficient (Wildman–Crippen LogP) is 6.91. The maximum atomic E-state index is 2.68. The molecular formula is C20H45N. The van der Waals surface area contributed by atoms with Crippen molar-refractivity contribution in [2.75, 3.05) is 7.05 Å². The molecule has 21 heavy (non-hydrogen) atoms. The van der Waals surface area contributed by atoms with Crippen molar-refractivity contribution in [3.8, 4) is 0 Å². The maximum Gasteiger partial charge on any atom is 0.0209 e. The van der Waals surface area contributed by atoms with E-state index in [0.29, 0.717) is 11.6 Å². The molecule has 0 aromatic carbocycles. The third-order valence-corrected chi connectivity index (χ3v) is 4.70. The number of hydrogen-bond acceptors (Lipinski definition) is 1. The van der Waals surface area contributed by atoms with Crippen LogP contribution in [-0.4, -0.2) is 23.5 Å². The van der Waals surface area contributed by atoms with Crippen molar-refractivity contribution < 1.29 is 0 Å². The van der Waals surface area contributed by atoms with Crippen molar-refractivity contribution in [2.45, 2.75) is 118 Å². The van der Waals surface area contributed by atoms with Crippen LogP contribution in [0.25, 0.3) is 0 Å². The van der Waals surface area contributed by atoms with E-state index in [1.807, 2.05) is 13.8 Å². The van der Waals surface area contributed by atoms with Crippen LogP contribution in [-0.2, 0) is 0 Å². The van der Waals surface area contributed by atoms with Gasteiger partial charge in [0, 0.05) is 11.6 Å². The van der Waals surface area contributed by atoms with E-state index < -0.39 is 0 Å². The molecule has 0 N–H and O–H groups in total. The van der Waals surface area contributed by atoms with Crippen LogP contribution < -0.4 is 0 Å². The Bertz CT molecular complexity index is 200. The van der Waals surface area contributed by atoms with Crippen molar-refractivity contribution in [1.82, 2.24) is 4.90 Å². The van der Waals surface area contributed by atoms with Crippen LogP contribution in [0.1, 0.15) is 107 Å². The van der Waals surface area contributed by atoms with Crippen molar-refractivity contribution in [3.05, 3.63) is 0 Å². The highest BCUT2D eigenvalue weighted by molar-refractivity contribution is 4.90. The van der Waals surface area contributed by atoms with Gasteiger partial charge in [0.25, 0.3) is 0 Å². The summed E-state index contributed by atoms with van der Waals surface area (Å²) in [7, 11) is 2.36. The van der Waals surface area contributed by atoms with Gasteiger partial charge in [-0.25, -0.2) is 0 Å². The van der Waals surface area contributed by atoms with Crippen LogP contribution in [0.15, 0.2) is 0 Å². The lowest BCUT2D eigenvalue weighted by Gasteiger charge is -2.45. The molecule has 130 valence electrons. The Morgan fingerprint density at radius 3 is 1.52 bits per heavy atom. The Hall–Kier alpha value is -0.0400. The molecule has 0 aliphatic rings. The minimum absolute atomic E-state index is 0.449. The van der Waals surface area contributed by atoms with Gasteiger partial charge in [0.05, 0.1) is 0 Å². The van der Waals surface area contributed by atoms with E-state index in [0.717, 1.165) is 5.92 Å². The van der Waals surface area contributed by atoms with Crippen molar-refractivity contribution >= 4 is 0 Å². The van der Waals surface area contributed by atoms with E-state index in [9.17, 15) is 0 Å². The second-order valence-corrected chi connectivity index (χ2v) is 7.07. The molecule has 0 saturated carbocycles. The highest BCUT2D eigenvalue weighted by atomic mass is 15.2. The summed E-state index contributed by atoms with van der Waals surface area (Å²) in [4.78, 5) is 2.68. The Labute approximate surface area is 136 Å². The SMILES string of the molecule is CC.CCCCC(CCCC)(CCC(C)C)N(C)C(C)C. The van der Waals surface area contributed by atoms with Crippen LogP contribution >= 0.6 is 0 Å². The Morgan fingerprint density at radius 1 is 0.810 bits per heavy atom. The quantitative estimate of drug-likeness (QED) is 0.400. The molecule has 1 heteroatoms. The first-order valence-electron chi connectivity index (χ1n) is 9.62. The monoisotopic (exact) mass is 299 g/mol. The molecule has 0 spiro atoms. The van der Waals surface area contributed by atoms with Crippen LogP contribution in [0.5, 0.6) is 0 Å². The zero-order chi connectivity index (χ0) is 16.9. The third-order valence-electron chi connectivity index (χ3n) is 4.70. The highest BCUT2D eigenvalue weighted by Gasteiger charge is 2.34. The smallest absolute Gasteiger partial charge is 0.0209 e. The first-order valence-corrected chi connectivity index (χ1v) is 9.62. The zero-order valence-electron chi connectivity index (χ0n) is 16.8. The van der Waals surface area contributed by atoms with Gasteiger partial charge in [0.2, 0.25) is 0 Å². The first-order chi connectivity index (χ1) is 9.89. The fraction of sp³-hybridized carbons (Fsp3) is 1.00. The molecule has 0 unspecified atom stereocenters. The largest absolute Gasteiger partial charge is 0.298 e. The zero-order valence-corrected chi connectivity index (χ0v) is 16.8. The van der Waals surface area contributed by atoms with Crippen LogP contribution in [0.2, 0.25) is 0 Å². The third kappa shape index (κ3) is 9.55. The van der Waals surface area contributed by atoms with Gasteiger partial charge in [-0.2, -0.15) is 0 Å². The van der Waals surface area contributed by atoms with Crippen molar-refractivity contribution in [3.63, 3.8) is 0 Å². The van der Waals surface area contributed by atoms with Crippen LogP contribution in [0.4, 0.5) is 0 Å². The molecule has 0 aliphatic heterocycles. The summed E-state index contributed by atoms with van der Waals surface area (Å²) in [5, 5.41) is 0. The van der Waals surface area contributed by atoms with Gasteiger partial charge in [0.15, 0.2) is 0 Å². The molecule has 0 amide bonds. The van der Waals surface area contributed by atoms with Gasteiger partial charge in [0.1, 0.15) is 0 Å². The number of nitrogens with zero attached hydrogens (tertiary/aromatic N) is 1. The van der Waals surface area contributed by atoms with Crippen molar-refractivity contribution in [2.24, 2.45) is 5.92 Å². The van der Waals surface area contributed by atoms with Gasteiger partial charge < -0.3 is 0 Å². The maximum absolute atomic E-state index is 2.68. The van der Waals surface area contributed by atoms with E-state index in [2.05, 4.69) is 53.5 Å². The summed E-state index contributed by atoms with van der Waals surface area (Å²) in [5.41, 5.74) is 0.449. The van der Waals surface area contributed by atoms with E-state index in [1.165, 1.54) is 51.4 Å². The second-order valence-electron chi connectivity index (χ2n) is 7.07. The summed E-state index contributed by atoms with van der Waals surface area (Å²) in [6.45, 7) is 18.1. The molecule has 0 aliphatic carbocycles. The number of unbranched alkanes of at least 4 members (excludes halogenated alkanes) is 2. The molecular weight excluding hydrogens is 254 g/mol. The average Bonchev–Trinajstić information content (AvgIpc) is 2.48. The van der Waals surface area contributed by atoms with Gasteiger partial charge in [-0.05, 0) is 52.5 Å². The molecule has 1 nitrogen and oxygen atoms in total. The minimum atomic E-state index is 0.449. The minimum Gasteiger partial charge on any atom is -0.298 e. The molecule has 0 heterocycles. The molecule has 0 atom stereocenters. The second kappa shape index (κ2) is 13.6. The summed E-state index contributed by atoms with van der Waals surface area (Å²) in [6, 6.07) is 0.654. The normalized spacial score (nSPS) is 12.0. The van der Waals surface area contributed by atoms with Gasteiger partial charge in [-0.3, -0.25) is 4.90 Å². The fourth-order valence-electron chi connectivity index (χ4n) is 3.02. The summed E-state index contributed by atoms with van der Waals surface area (Å²) < 4.78 is 0. The first kappa shape index (κ1) is 23.2. The Morgan fingerprint density at radius 2 is 1.24 bits per heavy atom. The molecule has 0 aromatic rings. The highest BCUT2D eigenvalue weighted by Crippen LogP contribution is 2.34. The number of hydrogen-bond donors (Lipinski definition) is 0. The van der Waals surface area contributed by atoms with Gasteiger partial charge >= 0.3 is 0 Å². The van der Waals surface area contributed by atoms with E-state index in [4.69, 9.17) is 0 Å². The Kier molecular flexibility index (Phi) is 15.1. The average molecular weight is 300 g/mol. The van der Waals surface area contributed by atoms with E-state index >= 15 is 0 Å². The molecule has 0 saturated heterocycles. The Balaban J connectivity index is 0. The van der Waals surface area contributed by atoms with Gasteiger partial charge in [-0.15, -0.1) is 0 Å². The van der Waals surface area contributed by atoms with Gasteiger partial charge in [-0.1, -0.05) is 67.2 Å². The van der Waals surface area contributed by atoms with E-state index in [-0.39, 0.29) is 0 Å². The molecule has 0 radical (unpaired) electrons. The van der Waals surface area contributed by atoms with Crippen LogP contribution in [0.3, 0.4) is 0 Å². The van der Waals surface area contributed by atoms with Crippen LogP contribution in [0, 0.1) is 5.92 Å².